The molecule has 0 radical (unpaired) electrons. The zero-order valence-corrected chi connectivity index (χ0v) is 13.3. The minimum Gasteiger partial charge on any atom is -0.393 e. The molecule has 3 rings (SSSR count). The molecule has 0 spiro atoms. The second kappa shape index (κ2) is 6.92. The van der Waals surface area contributed by atoms with Crippen molar-refractivity contribution in [2.75, 3.05) is 0 Å². The summed E-state index contributed by atoms with van der Waals surface area (Å²) >= 11 is 0. The van der Waals surface area contributed by atoms with Crippen LogP contribution in [0.1, 0.15) is 41.6 Å². The van der Waals surface area contributed by atoms with Crippen molar-refractivity contribution in [3.8, 4) is 11.1 Å². The van der Waals surface area contributed by atoms with E-state index in [9.17, 15) is 9.90 Å². The highest BCUT2D eigenvalue weighted by Gasteiger charge is 2.21. The van der Waals surface area contributed by atoms with E-state index in [1.54, 1.807) is 6.20 Å². The van der Waals surface area contributed by atoms with Crippen molar-refractivity contribution in [2.24, 2.45) is 0 Å². The molecule has 23 heavy (non-hydrogen) atoms. The van der Waals surface area contributed by atoms with Crippen LogP contribution in [-0.4, -0.2) is 28.1 Å². The fourth-order valence-electron chi connectivity index (χ4n) is 3.09. The van der Waals surface area contributed by atoms with Gasteiger partial charge in [0.1, 0.15) is 0 Å². The summed E-state index contributed by atoms with van der Waals surface area (Å²) in [5, 5.41) is 12.6. The Hall–Kier alpha value is -2.20. The van der Waals surface area contributed by atoms with Crippen LogP contribution in [0.3, 0.4) is 0 Å². The molecule has 1 heterocycles. The highest BCUT2D eigenvalue weighted by Crippen LogP contribution is 2.23. The monoisotopic (exact) mass is 310 g/mol. The Bertz CT molecular complexity index is 674. The van der Waals surface area contributed by atoms with Gasteiger partial charge in [0.25, 0.3) is 5.91 Å². The third-order valence-corrected chi connectivity index (χ3v) is 4.51. The van der Waals surface area contributed by atoms with Gasteiger partial charge in [-0.2, -0.15) is 0 Å². The molecule has 4 heteroatoms. The first kappa shape index (κ1) is 15.7. The molecule has 0 bridgehead atoms. The molecule has 0 aliphatic heterocycles. The van der Waals surface area contributed by atoms with E-state index in [0.717, 1.165) is 42.4 Å². The number of aliphatic hydroxyl groups excluding tert-OH is 1. The molecule has 4 nitrogen and oxygen atoms in total. The highest BCUT2D eigenvalue weighted by molar-refractivity contribution is 5.94. The van der Waals surface area contributed by atoms with Gasteiger partial charge in [0.2, 0.25) is 0 Å². The number of nitrogens with zero attached hydrogens (tertiary/aromatic N) is 1. The first-order valence-corrected chi connectivity index (χ1v) is 8.13. The van der Waals surface area contributed by atoms with Gasteiger partial charge in [0.15, 0.2) is 0 Å². The number of carbonyl (C=O) groups excluding carboxylic acids is 1. The summed E-state index contributed by atoms with van der Waals surface area (Å²) in [6.45, 7) is 2.03. The van der Waals surface area contributed by atoms with Crippen LogP contribution >= 0.6 is 0 Å². The number of nitrogens with one attached hydrogen (secondary N) is 1. The van der Waals surface area contributed by atoms with Crippen LogP contribution in [0.15, 0.2) is 42.7 Å². The number of rotatable bonds is 3. The first-order valence-electron chi connectivity index (χ1n) is 8.13. The lowest BCUT2D eigenvalue weighted by Gasteiger charge is -2.26. The van der Waals surface area contributed by atoms with Crippen LogP contribution in [0.5, 0.6) is 0 Å². The van der Waals surface area contributed by atoms with E-state index in [2.05, 4.69) is 10.3 Å². The molecule has 0 saturated heterocycles. The van der Waals surface area contributed by atoms with Crippen molar-refractivity contribution in [1.82, 2.24) is 10.3 Å². The van der Waals surface area contributed by atoms with Crippen LogP contribution in [0.4, 0.5) is 0 Å². The molecular weight excluding hydrogens is 288 g/mol. The third-order valence-electron chi connectivity index (χ3n) is 4.51. The van der Waals surface area contributed by atoms with Crippen molar-refractivity contribution in [3.63, 3.8) is 0 Å². The number of carbonyl (C=O) groups is 1. The van der Waals surface area contributed by atoms with Crippen LogP contribution in [0, 0.1) is 6.92 Å². The van der Waals surface area contributed by atoms with E-state index in [0.29, 0.717) is 5.56 Å². The summed E-state index contributed by atoms with van der Waals surface area (Å²) < 4.78 is 0. The predicted octanol–water partition coefficient (Wildman–Crippen LogP) is 3.09. The topological polar surface area (TPSA) is 62.2 Å². The van der Waals surface area contributed by atoms with Gasteiger partial charge < -0.3 is 10.4 Å². The van der Waals surface area contributed by atoms with Crippen LogP contribution in [0.25, 0.3) is 11.1 Å². The smallest absolute Gasteiger partial charge is 0.251 e. The van der Waals surface area contributed by atoms with Crippen molar-refractivity contribution in [1.29, 1.82) is 0 Å². The Kier molecular flexibility index (Phi) is 4.72. The summed E-state index contributed by atoms with van der Waals surface area (Å²) in [7, 11) is 0. The summed E-state index contributed by atoms with van der Waals surface area (Å²) in [5.41, 5.74) is 4.01. The molecule has 0 unspecified atom stereocenters. The molecule has 0 atom stereocenters. The highest BCUT2D eigenvalue weighted by atomic mass is 16.3. The van der Waals surface area contributed by atoms with E-state index in [1.807, 2.05) is 43.5 Å². The quantitative estimate of drug-likeness (QED) is 0.916. The maximum Gasteiger partial charge on any atom is 0.251 e. The van der Waals surface area contributed by atoms with Gasteiger partial charge in [-0.1, -0.05) is 12.1 Å². The summed E-state index contributed by atoms with van der Waals surface area (Å²) in [4.78, 5) is 16.4. The van der Waals surface area contributed by atoms with Gasteiger partial charge >= 0.3 is 0 Å². The number of aromatic nitrogens is 1. The maximum atomic E-state index is 12.3. The summed E-state index contributed by atoms with van der Waals surface area (Å²) in [5.74, 6) is -0.0376. The predicted molar refractivity (Wildman–Crippen MR) is 90.1 cm³/mol. The fourth-order valence-corrected chi connectivity index (χ4v) is 3.09. The van der Waals surface area contributed by atoms with Gasteiger partial charge in [-0.3, -0.25) is 9.78 Å². The standard InChI is InChI=1S/C19H22N2O2/c1-13-12-20-11-10-18(13)14-2-4-15(5-3-14)19(23)21-16-6-8-17(22)9-7-16/h2-5,10-12,16-17,22H,6-9H2,1H3,(H,21,23). The lowest BCUT2D eigenvalue weighted by molar-refractivity contribution is 0.0867. The number of hydrogen-bond acceptors (Lipinski definition) is 3. The summed E-state index contributed by atoms with van der Waals surface area (Å²) in [6, 6.07) is 9.83. The normalized spacial score (nSPS) is 21.0. The van der Waals surface area contributed by atoms with Gasteiger partial charge in [-0.05, 0) is 67.5 Å². The molecule has 1 aromatic heterocycles. The van der Waals surface area contributed by atoms with Crippen LogP contribution in [-0.2, 0) is 0 Å². The van der Waals surface area contributed by atoms with E-state index < -0.39 is 0 Å². The molecule has 1 amide bonds. The number of benzene rings is 1. The van der Waals surface area contributed by atoms with E-state index in [-0.39, 0.29) is 18.1 Å². The second-order valence-electron chi connectivity index (χ2n) is 6.25. The minimum absolute atomic E-state index is 0.0376. The molecule has 1 aliphatic rings. The lowest BCUT2D eigenvalue weighted by Crippen LogP contribution is -2.38. The summed E-state index contributed by atoms with van der Waals surface area (Å²) in [6.07, 6.45) is 6.65. The lowest BCUT2D eigenvalue weighted by atomic mass is 9.93. The van der Waals surface area contributed by atoms with Crippen LogP contribution in [0.2, 0.25) is 0 Å². The Balaban J connectivity index is 1.67. The number of amides is 1. The molecule has 120 valence electrons. The third kappa shape index (κ3) is 3.77. The van der Waals surface area contributed by atoms with Gasteiger partial charge in [-0.15, -0.1) is 0 Å². The van der Waals surface area contributed by atoms with Gasteiger partial charge in [0.05, 0.1) is 6.10 Å². The number of pyridine rings is 1. The number of hydrogen-bond donors (Lipinski definition) is 2. The molecule has 1 fully saturated rings. The zero-order valence-electron chi connectivity index (χ0n) is 13.3. The van der Waals surface area contributed by atoms with Gasteiger partial charge in [-0.25, -0.2) is 0 Å². The Morgan fingerprint density at radius 3 is 2.48 bits per heavy atom. The minimum atomic E-state index is -0.203. The van der Waals surface area contributed by atoms with Crippen LogP contribution < -0.4 is 5.32 Å². The largest absolute Gasteiger partial charge is 0.393 e. The Morgan fingerprint density at radius 2 is 1.83 bits per heavy atom. The van der Waals surface area contributed by atoms with Crippen molar-refractivity contribution >= 4 is 5.91 Å². The Morgan fingerprint density at radius 1 is 1.13 bits per heavy atom. The molecule has 1 aliphatic carbocycles. The second-order valence-corrected chi connectivity index (χ2v) is 6.25. The average Bonchev–Trinajstić information content (AvgIpc) is 2.57. The van der Waals surface area contributed by atoms with E-state index in [4.69, 9.17) is 0 Å². The fraction of sp³-hybridized carbons (Fsp3) is 0.368. The zero-order chi connectivity index (χ0) is 16.2. The molecule has 2 N–H and O–H groups in total. The average molecular weight is 310 g/mol. The Labute approximate surface area is 136 Å². The van der Waals surface area contributed by atoms with Crippen molar-refractivity contribution in [2.45, 2.75) is 44.8 Å². The van der Waals surface area contributed by atoms with Crippen molar-refractivity contribution < 1.29 is 9.90 Å². The van der Waals surface area contributed by atoms with Crippen molar-refractivity contribution in [3.05, 3.63) is 53.9 Å². The SMILES string of the molecule is Cc1cnccc1-c1ccc(C(=O)NC2CCC(O)CC2)cc1. The maximum absolute atomic E-state index is 12.3. The molecule has 1 aromatic carbocycles. The van der Waals surface area contributed by atoms with E-state index in [1.165, 1.54) is 0 Å². The number of aryl methyl sites for hydroxylation is 1. The molecule has 2 aromatic rings. The van der Waals surface area contributed by atoms with Gasteiger partial charge in [0, 0.05) is 24.0 Å². The number of aliphatic hydroxyl groups is 1. The van der Waals surface area contributed by atoms with E-state index >= 15 is 0 Å². The first-order chi connectivity index (χ1) is 11.1. The molecular formula is C19H22N2O2. The molecule has 1 saturated carbocycles.